The van der Waals surface area contributed by atoms with Crippen molar-refractivity contribution in [3.05, 3.63) is 34.8 Å². The van der Waals surface area contributed by atoms with Crippen LogP contribution in [0.1, 0.15) is 12.8 Å². The summed E-state index contributed by atoms with van der Waals surface area (Å²) in [6.07, 6.45) is 2.53. The molecule has 0 radical (unpaired) electrons. The molecule has 0 aromatic heterocycles. The van der Waals surface area contributed by atoms with Gasteiger partial charge in [0.1, 0.15) is 6.04 Å². The molecule has 0 bridgehead atoms. The van der Waals surface area contributed by atoms with Crippen LogP contribution in [-0.2, 0) is 9.59 Å². The minimum absolute atomic E-state index is 0.212. The Hall–Kier alpha value is -2.21. The Bertz CT molecular complexity index is 847. The van der Waals surface area contributed by atoms with Gasteiger partial charge in [-0.25, -0.2) is 4.99 Å². The van der Waals surface area contributed by atoms with Crippen molar-refractivity contribution >= 4 is 56.2 Å². The normalized spacial score (nSPS) is 20.4. The van der Waals surface area contributed by atoms with Crippen molar-refractivity contribution in [1.29, 1.82) is 0 Å². The summed E-state index contributed by atoms with van der Waals surface area (Å²) in [6.45, 7) is 0. The molecule has 5 nitrogen and oxygen atoms in total. The molecule has 2 heterocycles. The van der Waals surface area contributed by atoms with Gasteiger partial charge in [-0.3, -0.25) is 14.9 Å². The van der Waals surface area contributed by atoms with E-state index in [-0.39, 0.29) is 11.8 Å². The van der Waals surface area contributed by atoms with Gasteiger partial charge in [0.25, 0.3) is 0 Å². The van der Waals surface area contributed by atoms with Gasteiger partial charge in [0, 0.05) is 21.7 Å². The Morgan fingerprint density at radius 2 is 2.09 bits per heavy atom. The van der Waals surface area contributed by atoms with Crippen LogP contribution in [0, 0.1) is 0 Å². The molecule has 1 fully saturated rings. The van der Waals surface area contributed by atoms with Gasteiger partial charge in [0.15, 0.2) is 0 Å². The molecule has 0 saturated carbocycles. The fraction of sp³-hybridized carbons (Fsp3) is 0.188. The van der Waals surface area contributed by atoms with Crippen molar-refractivity contribution in [3.63, 3.8) is 0 Å². The van der Waals surface area contributed by atoms with Gasteiger partial charge in [-0.15, -0.1) is 0 Å². The molecule has 2 aromatic rings. The van der Waals surface area contributed by atoms with Crippen LogP contribution in [0.5, 0.6) is 0 Å². The number of hydrogen-bond acceptors (Lipinski definition) is 4. The zero-order valence-corrected chi connectivity index (χ0v) is 13.1. The van der Waals surface area contributed by atoms with Gasteiger partial charge in [0.05, 0.1) is 17.7 Å². The van der Waals surface area contributed by atoms with Crippen LogP contribution in [0.4, 0.5) is 11.4 Å². The van der Waals surface area contributed by atoms with E-state index in [2.05, 4.69) is 26.2 Å². The maximum Gasteiger partial charge on any atom is 0.249 e. The van der Waals surface area contributed by atoms with Crippen LogP contribution in [0.3, 0.4) is 0 Å². The fourth-order valence-electron chi connectivity index (χ4n) is 3.04. The highest BCUT2D eigenvalue weighted by Gasteiger charge is 2.33. The van der Waals surface area contributed by atoms with E-state index >= 15 is 0 Å². The Balaban J connectivity index is 1.86. The summed E-state index contributed by atoms with van der Waals surface area (Å²) < 4.78 is 0.994. The highest BCUT2D eigenvalue weighted by atomic mass is 79.9. The first kappa shape index (κ1) is 13.5. The summed E-state index contributed by atoms with van der Waals surface area (Å²) in [6, 6.07) is 9.49. The summed E-state index contributed by atoms with van der Waals surface area (Å²) in [5.41, 5.74) is 1.83. The highest BCUT2D eigenvalue weighted by molar-refractivity contribution is 9.10. The molecule has 1 saturated heterocycles. The second kappa shape index (κ2) is 4.91. The van der Waals surface area contributed by atoms with Crippen LogP contribution in [-0.4, -0.2) is 24.2 Å². The molecule has 6 heteroatoms. The molecular weight excluding hydrogens is 346 g/mol. The van der Waals surface area contributed by atoms with Gasteiger partial charge >= 0.3 is 0 Å². The lowest BCUT2D eigenvalue weighted by Crippen LogP contribution is -2.52. The lowest BCUT2D eigenvalue weighted by molar-refractivity contribution is -0.133. The third-order valence-electron chi connectivity index (χ3n) is 4.09. The van der Waals surface area contributed by atoms with Crippen LogP contribution in [0.2, 0.25) is 0 Å². The molecule has 1 atom stereocenters. The topological polar surface area (TPSA) is 61.8 Å². The third-order valence-corrected chi connectivity index (χ3v) is 4.78. The van der Waals surface area contributed by atoms with E-state index in [1.807, 2.05) is 35.2 Å². The van der Waals surface area contributed by atoms with Crippen LogP contribution in [0.15, 0.2) is 39.8 Å². The minimum Gasteiger partial charge on any atom is -0.319 e. The zero-order valence-electron chi connectivity index (χ0n) is 11.5. The second-order valence-corrected chi connectivity index (χ2v) is 6.24. The number of halogens is 1. The minimum atomic E-state index is -0.404. The van der Waals surface area contributed by atoms with Crippen molar-refractivity contribution in [1.82, 2.24) is 5.32 Å². The van der Waals surface area contributed by atoms with E-state index in [1.165, 1.54) is 0 Å². The number of anilines is 1. The number of amides is 2. The number of imide groups is 1. The number of carbonyl (C=O) groups is 2. The van der Waals surface area contributed by atoms with E-state index in [0.29, 0.717) is 12.8 Å². The summed E-state index contributed by atoms with van der Waals surface area (Å²) in [7, 11) is 0. The maximum atomic E-state index is 12.2. The van der Waals surface area contributed by atoms with Gasteiger partial charge in [-0.1, -0.05) is 28.1 Å². The van der Waals surface area contributed by atoms with E-state index in [4.69, 9.17) is 0 Å². The van der Waals surface area contributed by atoms with Crippen LogP contribution in [0.25, 0.3) is 10.8 Å². The lowest BCUT2D eigenvalue weighted by Gasteiger charge is -2.34. The molecule has 4 rings (SSSR count). The monoisotopic (exact) mass is 357 g/mol. The molecule has 2 aliphatic heterocycles. The molecule has 2 aromatic carbocycles. The summed E-state index contributed by atoms with van der Waals surface area (Å²) in [4.78, 5) is 29.8. The fourth-order valence-corrected chi connectivity index (χ4v) is 3.50. The van der Waals surface area contributed by atoms with Crippen molar-refractivity contribution in [2.24, 2.45) is 4.99 Å². The summed E-state index contributed by atoms with van der Waals surface area (Å²) >= 11 is 3.56. The molecule has 1 unspecified atom stereocenters. The average molecular weight is 358 g/mol. The van der Waals surface area contributed by atoms with Crippen molar-refractivity contribution in [2.75, 3.05) is 4.90 Å². The zero-order chi connectivity index (χ0) is 15.3. The predicted molar refractivity (Wildman–Crippen MR) is 88.5 cm³/mol. The third kappa shape index (κ3) is 1.94. The first-order valence-electron chi connectivity index (χ1n) is 7.02. The summed E-state index contributed by atoms with van der Waals surface area (Å²) in [5, 5.41) is 4.48. The van der Waals surface area contributed by atoms with E-state index in [0.717, 1.165) is 26.6 Å². The van der Waals surface area contributed by atoms with Crippen LogP contribution < -0.4 is 10.2 Å². The summed E-state index contributed by atoms with van der Waals surface area (Å²) in [5.74, 6) is -0.477. The lowest BCUT2D eigenvalue weighted by atomic mass is 10.00. The van der Waals surface area contributed by atoms with Gasteiger partial charge in [-0.05, 0) is 24.6 Å². The van der Waals surface area contributed by atoms with Gasteiger partial charge in [-0.2, -0.15) is 0 Å². The van der Waals surface area contributed by atoms with E-state index in [1.54, 1.807) is 6.34 Å². The first-order valence-corrected chi connectivity index (χ1v) is 7.82. The van der Waals surface area contributed by atoms with E-state index in [9.17, 15) is 9.59 Å². The second-order valence-electron chi connectivity index (χ2n) is 5.38. The molecular formula is C16H12BrN3O2. The van der Waals surface area contributed by atoms with Gasteiger partial charge < -0.3 is 4.90 Å². The Morgan fingerprint density at radius 1 is 1.23 bits per heavy atom. The van der Waals surface area contributed by atoms with E-state index < -0.39 is 6.04 Å². The number of aliphatic imine (C=N–C) groups is 1. The molecule has 0 aliphatic carbocycles. The number of piperidine rings is 1. The molecule has 2 aliphatic rings. The Morgan fingerprint density at radius 3 is 2.91 bits per heavy atom. The first-order chi connectivity index (χ1) is 10.6. The SMILES string of the molecule is O=C1CCC(N2C=Nc3cccc4c(Br)ccc2c34)C(=O)N1. The largest absolute Gasteiger partial charge is 0.319 e. The predicted octanol–water partition coefficient (Wildman–Crippen LogP) is 2.89. The molecule has 1 N–H and O–H groups in total. The number of nitrogens with zero attached hydrogens (tertiary/aromatic N) is 2. The standard InChI is InChI=1S/C16H12BrN3O2/c17-10-4-5-12-15-9(10)2-1-3-11(15)18-8-20(12)13-6-7-14(21)19-16(13)22/h1-5,8,13H,6-7H2,(H,19,21,22). The Kier molecular flexibility index (Phi) is 3.00. The Labute approximate surface area is 135 Å². The number of nitrogens with one attached hydrogen (secondary N) is 1. The highest BCUT2D eigenvalue weighted by Crippen LogP contribution is 2.41. The maximum absolute atomic E-state index is 12.2. The average Bonchev–Trinajstić information content (AvgIpc) is 2.51. The number of benzene rings is 2. The van der Waals surface area contributed by atoms with Crippen LogP contribution >= 0.6 is 15.9 Å². The van der Waals surface area contributed by atoms with Crippen molar-refractivity contribution < 1.29 is 9.59 Å². The number of hydrogen-bond donors (Lipinski definition) is 1. The number of rotatable bonds is 1. The molecule has 0 spiro atoms. The van der Waals surface area contributed by atoms with Crippen molar-refractivity contribution in [2.45, 2.75) is 18.9 Å². The van der Waals surface area contributed by atoms with Gasteiger partial charge in [0.2, 0.25) is 11.8 Å². The number of carbonyl (C=O) groups excluding carboxylic acids is 2. The molecule has 2 amide bonds. The molecule has 110 valence electrons. The van der Waals surface area contributed by atoms with Crippen molar-refractivity contribution in [3.8, 4) is 0 Å². The molecule has 22 heavy (non-hydrogen) atoms. The quantitative estimate of drug-likeness (QED) is 0.798. The smallest absolute Gasteiger partial charge is 0.249 e.